The highest BCUT2D eigenvalue weighted by molar-refractivity contribution is 5.91. The summed E-state index contributed by atoms with van der Waals surface area (Å²) < 4.78 is 1.98. The molecule has 0 saturated carbocycles. The molecular formula is C10H14N2O2. The van der Waals surface area contributed by atoms with Crippen molar-refractivity contribution in [2.24, 2.45) is 7.05 Å². The first kappa shape index (κ1) is 9.27. The van der Waals surface area contributed by atoms with Crippen molar-refractivity contribution in [2.75, 3.05) is 6.54 Å². The molecule has 0 saturated heterocycles. The van der Waals surface area contributed by atoms with E-state index in [4.69, 9.17) is 5.11 Å². The summed E-state index contributed by atoms with van der Waals surface area (Å²) in [5.41, 5.74) is 3.48. The molecule has 1 aromatic rings. The predicted octanol–water partition coefficient (Wildman–Crippen LogP) is 0.677. The highest BCUT2D eigenvalue weighted by Crippen LogP contribution is 2.24. The van der Waals surface area contributed by atoms with Gasteiger partial charge in [0.25, 0.3) is 0 Å². The maximum absolute atomic E-state index is 11.1. The molecular weight excluding hydrogens is 180 g/mol. The van der Waals surface area contributed by atoms with Crippen molar-refractivity contribution in [3.63, 3.8) is 0 Å². The Morgan fingerprint density at radius 3 is 2.93 bits per heavy atom. The van der Waals surface area contributed by atoms with Crippen LogP contribution in [-0.4, -0.2) is 22.2 Å². The second-order valence-electron chi connectivity index (χ2n) is 3.68. The number of carbonyl (C=O) groups is 1. The van der Waals surface area contributed by atoms with Gasteiger partial charge in [-0.05, 0) is 25.5 Å². The van der Waals surface area contributed by atoms with Crippen LogP contribution >= 0.6 is 0 Å². The molecule has 2 rings (SSSR count). The summed E-state index contributed by atoms with van der Waals surface area (Å²) in [6, 6.07) is 0. The van der Waals surface area contributed by atoms with Gasteiger partial charge in [-0.15, -0.1) is 0 Å². The summed E-state index contributed by atoms with van der Waals surface area (Å²) in [4.78, 5) is 11.1. The van der Waals surface area contributed by atoms with Gasteiger partial charge in [0.2, 0.25) is 0 Å². The third-order valence-electron chi connectivity index (χ3n) is 2.98. The summed E-state index contributed by atoms with van der Waals surface area (Å²) >= 11 is 0. The van der Waals surface area contributed by atoms with Crippen molar-refractivity contribution >= 4 is 5.97 Å². The third-order valence-corrected chi connectivity index (χ3v) is 2.98. The smallest absolute Gasteiger partial charge is 0.337 e. The van der Waals surface area contributed by atoms with Gasteiger partial charge in [0.15, 0.2) is 0 Å². The maximum atomic E-state index is 11.1. The molecule has 0 aromatic carbocycles. The number of hydrogen-bond donors (Lipinski definition) is 2. The van der Waals surface area contributed by atoms with Crippen LogP contribution in [0.4, 0.5) is 0 Å². The van der Waals surface area contributed by atoms with Gasteiger partial charge >= 0.3 is 5.97 Å². The SMILES string of the molecule is Cc1c(C(=O)O)c2c(n1C)CNCC2. The number of aromatic carboxylic acids is 1. The molecule has 0 aliphatic carbocycles. The summed E-state index contributed by atoms with van der Waals surface area (Å²) in [5.74, 6) is -0.804. The van der Waals surface area contributed by atoms with Crippen LogP contribution < -0.4 is 5.32 Å². The van der Waals surface area contributed by atoms with Crippen molar-refractivity contribution in [1.29, 1.82) is 0 Å². The monoisotopic (exact) mass is 194 g/mol. The van der Waals surface area contributed by atoms with E-state index >= 15 is 0 Å². The fraction of sp³-hybridized carbons (Fsp3) is 0.500. The first-order valence-electron chi connectivity index (χ1n) is 4.74. The zero-order valence-electron chi connectivity index (χ0n) is 8.42. The van der Waals surface area contributed by atoms with Crippen molar-refractivity contribution < 1.29 is 9.90 Å². The molecule has 0 fully saturated rings. The first-order valence-corrected chi connectivity index (χ1v) is 4.74. The minimum Gasteiger partial charge on any atom is -0.478 e. The van der Waals surface area contributed by atoms with E-state index in [1.807, 2.05) is 18.5 Å². The number of hydrogen-bond acceptors (Lipinski definition) is 2. The normalized spacial score (nSPS) is 15.3. The molecule has 2 heterocycles. The van der Waals surface area contributed by atoms with Crippen molar-refractivity contribution in [3.05, 3.63) is 22.5 Å². The van der Waals surface area contributed by atoms with E-state index in [0.717, 1.165) is 36.5 Å². The lowest BCUT2D eigenvalue weighted by Gasteiger charge is -2.15. The third kappa shape index (κ3) is 1.14. The van der Waals surface area contributed by atoms with Crippen LogP contribution in [0.3, 0.4) is 0 Å². The highest BCUT2D eigenvalue weighted by Gasteiger charge is 2.24. The predicted molar refractivity (Wildman–Crippen MR) is 52.5 cm³/mol. The largest absolute Gasteiger partial charge is 0.478 e. The fourth-order valence-electron chi connectivity index (χ4n) is 2.13. The van der Waals surface area contributed by atoms with E-state index in [0.29, 0.717) is 5.56 Å². The van der Waals surface area contributed by atoms with Crippen LogP contribution in [-0.2, 0) is 20.0 Å². The van der Waals surface area contributed by atoms with E-state index < -0.39 is 5.97 Å². The summed E-state index contributed by atoms with van der Waals surface area (Å²) in [5, 5.41) is 12.3. The highest BCUT2D eigenvalue weighted by atomic mass is 16.4. The number of fused-ring (bicyclic) bond motifs is 1. The van der Waals surface area contributed by atoms with Crippen LogP contribution in [0.2, 0.25) is 0 Å². The Labute approximate surface area is 82.5 Å². The van der Waals surface area contributed by atoms with E-state index in [2.05, 4.69) is 5.32 Å². The van der Waals surface area contributed by atoms with Gasteiger partial charge in [0, 0.05) is 25.0 Å². The topological polar surface area (TPSA) is 54.3 Å². The second-order valence-corrected chi connectivity index (χ2v) is 3.68. The minimum absolute atomic E-state index is 0.504. The van der Waals surface area contributed by atoms with Gasteiger partial charge < -0.3 is 15.0 Å². The molecule has 0 radical (unpaired) electrons. The van der Waals surface area contributed by atoms with E-state index in [1.165, 1.54) is 0 Å². The van der Waals surface area contributed by atoms with E-state index in [1.54, 1.807) is 0 Å². The Kier molecular flexibility index (Phi) is 2.07. The molecule has 4 heteroatoms. The molecule has 4 nitrogen and oxygen atoms in total. The van der Waals surface area contributed by atoms with Gasteiger partial charge in [-0.1, -0.05) is 0 Å². The molecule has 1 aromatic heterocycles. The lowest BCUT2D eigenvalue weighted by Crippen LogP contribution is -2.25. The molecule has 2 N–H and O–H groups in total. The standard InChI is InChI=1S/C10H14N2O2/c1-6-9(10(13)14)7-3-4-11-5-8(7)12(6)2/h11H,3-5H2,1-2H3,(H,13,14). The van der Waals surface area contributed by atoms with E-state index in [9.17, 15) is 4.79 Å². The molecule has 14 heavy (non-hydrogen) atoms. The fourth-order valence-corrected chi connectivity index (χ4v) is 2.13. The van der Waals surface area contributed by atoms with Crippen LogP contribution in [0.15, 0.2) is 0 Å². The number of rotatable bonds is 1. The summed E-state index contributed by atoms with van der Waals surface area (Å²) in [6.07, 6.45) is 0.818. The number of nitrogens with zero attached hydrogens (tertiary/aromatic N) is 1. The number of aromatic nitrogens is 1. The zero-order valence-corrected chi connectivity index (χ0v) is 8.42. The van der Waals surface area contributed by atoms with Crippen molar-refractivity contribution in [2.45, 2.75) is 19.9 Å². The van der Waals surface area contributed by atoms with Crippen LogP contribution in [0.5, 0.6) is 0 Å². The average molecular weight is 194 g/mol. The molecule has 0 spiro atoms. The molecule has 0 atom stereocenters. The first-order chi connectivity index (χ1) is 6.63. The Balaban J connectivity index is 2.65. The second kappa shape index (κ2) is 3.13. The van der Waals surface area contributed by atoms with Gasteiger partial charge in [0.1, 0.15) is 0 Å². The van der Waals surface area contributed by atoms with Gasteiger partial charge in [-0.3, -0.25) is 0 Å². The van der Waals surface area contributed by atoms with Crippen LogP contribution in [0, 0.1) is 6.92 Å². The average Bonchev–Trinajstić information content (AvgIpc) is 2.41. The zero-order chi connectivity index (χ0) is 10.3. The lowest BCUT2D eigenvalue weighted by molar-refractivity contribution is 0.0695. The molecule has 1 aliphatic rings. The Morgan fingerprint density at radius 1 is 1.57 bits per heavy atom. The van der Waals surface area contributed by atoms with Gasteiger partial charge in [-0.25, -0.2) is 4.79 Å². The lowest BCUT2D eigenvalue weighted by atomic mass is 10.0. The molecule has 76 valence electrons. The quantitative estimate of drug-likeness (QED) is 0.691. The van der Waals surface area contributed by atoms with E-state index in [-0.39, 0.29) is 0 Å². The minimum atomic E-state index is -0.804. The molecule has 0 amide bonds. The molecule has 1 aliphatic heterocycles. The Hall–Kier alpha value is -1.29. The number of carboxylic acids is 1. The van der Waals surface area contributed by atoms with Gasteiger partial charge in [0.05, 0.1) is 5.56 Å². The number of carboxylic acid groups (broad SMARTS) is 1. The van der Waals surface area contributed by atoms with Crippen LogP contribution in [0.25, 0.3) is 0 Å². The van der Waals surface area contributed by atoms with Crippen molar-refractivity contribution in [3.8, 4) is 0 Å². The summed E-state index contributed by atoms with van der Waals surface area (Å²) in [7, 11) is 1.92. The number of nitrogens with one attached hydrogen (secondary N) is 1. The molecule has 0 unspecified atom stereocenters. The maximum Gasteiger partial charge on any atom is 0.337 e. The van der Waals surface area contributed by atoms with Crippen molar-refractivity contribution in [1.82, 2.24) is 9.88 Å². The molecule has 0 bridgehead atoms. The Morgan fingerprint density at radius 2 is 2.29 bits per heavy atom. The van der Waals surface area contributed by atoms with Crippen LogP contribution in [0.1, 0.15) is 27.3 Å². The summed E-state index contributed by atoms with van der Waals surface area (Å²) in [6.45, 7) is 3.51. The Bertz CT molecular complexity index is 393. The van der Waals surface area contributed by atoms with Gasteiger partial charge in [-0.2, -0.15) is 0 Å².